The summed E-state index contributed by atoms with van der Waals surface area (Å²) < 4.78 is 0. The van der Waals surface area contributed by atoms with Gasteiger partial charge in [0.15, 0.2) is 0 Å². The van der Waals surface area contributed by atoms with Gasteiger partial charge in [0.2, 0.25) is 0 Å². The zero-order chi connectivity index (χ0) is 12.6. The lowest BCUT2D eigenvalue weighted by Crippen LogP contribution is -2.32. The van der Waals surface area contributed by atoms with E-state index in [0.29, 0.717) is 13.1 Å². The van der Waals surface area contributed by atoms with Gasteiger partial charge in [0.05, 0.1) is 6.21 Å². The highest BCUT2D eigenvalue weighted by Gasteiger charge is 2.08. The summed E-state index contributed by atoms with van der Waals surface area (Å²) >= 11 is 0. The molecule has 5 heteroatoms. The highest BCUT2D eigenvalue weighted by atomic mass is 16.2. The van der Waals surface area contributed by atoms with E-state index in [1.807, 2.05) is 20.8 Å². The Morgan fingerprint density at radius 3 is 2.38 bits per heavy atom. The number of hydrogen-bond donors (Lipinski definition) is 0. The van der Waals surface area contributed by atoms with Crippen LogP contribution in [0.15, 0.2) is 22.9 Å². The van der Waals surface area contributed by atoms with Crippen LogP contribution in [0.4, 0.5) is 0 Å². The molecule has 0 heterocycles. The van der Waals surface area contributed by atoms with Gasteiger partial charge in [0.25, 0.3) is 5.91 Å². The molecule has 0 aliphatic carbocycles. The number of amides is 1. The molecule has 0 radical (unpaired) electrons. The Hall–Kier alpha value is -1.65. The van der Waals surface area contributed by atoms with Gasteiger partial charge in [0, 0.05) is 26.0 Å². The van der Waals surface area contributed by atoms with E-state index in [2.05, 4.69) is 23.4 Å². The molecule has 0 aromatic carbocycles. The molecule has 0 saturated carbocycles. The highest BCUT2D eigenvalue weighted by molar-refractivity contribution is 6.26. The number of rotatable bonds is 7. The van der Waals surface area contributed by atoms with Gasteiger partial charge < -0.3 is 4.90 Å². The minimum Gasteiger partial charge on any atom is -0.338 e. The smallest absolute Gasteiger partial charge is 0.264 e. The minimum absolute atomic E-state index is 0.0927. The molecular formula is C11H20N4O. The zero-order valence-corrected chi connectivity index (χ0v) is 10.3. The van der Waals surface area contributed by atoms with Gasteiger partial charge in [-0.25, -0.2) is 5.01 Å². The molecule has 1 atom stereocenters. The van der Waals surface area contributed by atoms with Gasteiger partial charge in [-0.15, -0.1) is 0 Å². The number of hydrazone groups is 1. The second-order valence-corrected chi connectivity index (χ2v) is 3.12. The zero-order valence-electron chi connectivity index (χ0n) is 10.3. The normalized spacial score (nSPS) is 12.2. The first kappa shape index (κ1) is 14.3. The van der Waals surface area contributed by atoms with Crippen molar-refractivity contribution in [3.8, 4) is 0 Å². The van der Waals surface area contributed by atoms with E-state index in [1.54, 1.807) is 4.90 Å². The summed E-state index contributed by atoms with van der Waals surface area (Å²) in [4.78, 5) is 17.4. The van der Waals surface area contributed by atoms with E-state index in [0.717, 1.165) is 0 Å². The molecule has 16 heavy (non-hydrogen) atoms. The van der Waals surface area contributed by atoms with Crippen LogP contribution in [0.1, 0.15) is 20.8 Å². The van der Waals surface area contributed by atoms with Crippen LogP contribution in [0.5, 0.6) is 0 Å². The Kier molecular flexibility index (Phi) is 6.83. The Bertz CT molecular complexity index is 263. The maximum atomic E-state index is 11.6. The van der Waals surface area contributed by atoms with Crippen molar-refractivity contribution in [2.75, 3.05) is 13.1 Å². The van der Waals surface area contributed by atoms with Gasteiger partial charge in [-0.2, -0.15) is 5.10 Å². The second kappa shape index (κ2) is 7.62. The van der Waals surface area contributed by atoms with E-state index < -0.39 is 0 Å². The molecule has 1 amide bonds. The second-order valence-electron chi connectivity index (χ2n) is 3.12. The quantitative estimate of drug-likeness (QED) is 0.484. The lowest BCUT2D eigenvalue weighted by molar-refractivity contribution is -0.123. The average Bonchev–Trinajstić information content (AvgIpc) is 2.29. The van der Waals surface area contributed by atoms with Crippen molar-refractivity contribution in [3.05, 3.63) is 12.8 Å². The molecule has 1 unspecified atom stereocenters. The van der Waals surface area contributed by atoms with Gasteiger partial charge in [-0.3, -0.25) is 9.79 Å². The molecule has 0 aromatic rings. The number of aliphatic imine (C=N–C) groups is 1. The molecule has 0 aromatic heterocycles. The third-order valence-electron chi connectivity index (χ3n) is 2.21. The Morgan fingerprint density at radius 2 is 2.00 bits per heavy atom. The third-order valence-corrected chi connectivity index (χ3v) is 2.21. The molecule has 0 aliphatic heterocycles. The van der Waals surface area contributed by atoms with E-state index in [-0.39, 0.29) is 12.1 Å². The molecule has 5 nitrogen and oxygen atoms in total. The van der Waals surface area contributed by atoms with Crippen molar-refractivity contribution >= 4 is 18.8 Å². The summed E-state index contributed by atoms with van der Waals surface area (Å²) in [7, 11) is 0. The van der Waals surface area contributed by atoms with Gasteiger partial charge >= 0.3 is 0 Å². The van der Waals surface area contributed by atoms with E-state index in [4.69, 9.17) is 0 Å². The standard InChI is InChI=1S/C11H20N4O/c1-6-14(7-2)11(16)9-13-10(4)15(8-3)12-5/h8-10H,3,5-7H2,1-2,4H3. The third kappa shape index (κ3) is 4.25. The van der Waals surface area contributed by atoms with Gasteiger partial charge in [-0.05, 0) is 20.8 Å². The summed E-state index contributed by atoms with van der Waals surface area (Å²) in [6, 6.07) is 0. The van der Waals surface area contributed by atoms with Crippen molar-refractivity contribution in [2.45, 2.75) is 26.9 Å². The van der Waals surface area contributed by atoms with E-state index in [1.165, 1.54) is 17.4 Å². The van der Waals surface area contributed by atoms with Crippen LogP contribution in [0, 0.1) is 0 Å². The molecule has 0 spiro atoms. The summed E-state index contributed by atoms with van der Waals surface area (Å²) in [6.45, 7) is 14.0. The molecule has 0 aliphatic rings. The van der Waals surface area contributed by atoms with Crippen LogP contribution in [-0.4, -0.2) is 48.0 Å². The van der Waals surface area contributed by atoms with Crippen molar-refractivity contribution in [1.82, 2.24) is 9.91 Å². The topological polar surface area (TPSA) is 48.3 Å². The first-order valence-corrected chi connectivity index (χ1v) is 5.30. The molecular weight excluding hydrogens is 204 g/mol. The van der Waals surface area contributed by atoms with Crippen LogP contribution in [-0.2, 0) is 4.79 Å². The molecule has 90 valence electrons. The van der Waals surface area contributed by atoms with Crippen molar-refractivity contribution < 1.29 is 4.79 Å². The summed E-state index contributed by atoms with van der Waals surface area (Å²) in [5, 5.41) is 5.17. The molecule has 0 bridgehead atoms. The predicted octanol–water partition coefficient (Wildman–Crippen LogP) is 1.33. The number of hydrogen-bond acceptors (Lipinski definition) is 4. The summed E-state index contributed by atoms with van der Waals surface area (Å²) in [6.07, 6.45) is 2.56. The van der Waals surface area contributed by atoms with Crippen LogP contribution >= 0.6 is 0 Å². The fourth-order valence-electron chi connectivity index (χ4n) is 1.19. The van der Waals surface area contributed by atoms with Crippen molar-refractivity contribution in [3.63, 3.8) is 0 Å². The summed E-state index contributed by atoms with van der Waals surface area (Å²) in [5.74, 6) is -0.0927. The predicted molar refractivity (Wildman–Crippen MR) is 67.5 cm³/mol. The van der Waals surface area contributed by atoms with E-state index in [9.17, 15) is 4.79 Å². The maximum Gasteiger partial charge on any atom is 0.264 e. The van der Waals surface area contributed by atoms with Gasteiger partial charge in [0.1, 0.15) is 6.17 Å². The van der Waals surface area contributed by atoms with Crippen LogP contribution in [0.2, 0.25) is 0 Å². The number of carbonyl (C=O) groups excluding carboxylic acids is 1. The largest absolute Gasteiger partial charge is 0.338 e. The average molecular weight is 224 g/mol. The Balaban J connectivity index is 4.41. The minimum atomic E-state index is -0.269. The van der Waals surface area contributed by atoms with Crippen molar-refractivity contribution in [1.29, 1.82) is 0 Å². The number of nitrogens with zero attached hydrogens (tertiary/aromatic N) is 4. The SMILES string of the molecule is C=CN(N=C)C(C)N=CC(=O)N(CC)CC. The fourth-order valence-corrected chi connectivity index (χ4v) is 1.19. The molecule has 0 saturated heterocycles. The molecule has 0 rings (SSSR count). The molecule has 0 N–H and O–H groups in total. The maximum absolute atomic E-state index is 11.6. The monoisotopic (exact) mass is 224 g/mol. The van der Waals surface area contributed by atoms with Crippen LogP contribution in [0.25, 0.3) is 0 Å². The van der Waals surface area contributed by atoms with Gasteiger partial charge in [-0.1, -0.05) is 6.58 Å². The highest BCUT2D eigenvalue weighted by Crippen LogP contribution is 2.00. The molecule has 0 fully saturated rings. The first-order chi connectivity index (χ1) is 7.60. The first-order valence-electron chi connectivity index (χ1n) is 5.30. The lowest BCUT2D eigenvalue weighted by Gasteiger charge is -2.19. The lowest BCUT2D eigenvalue weighted by atomic mass is 10.4. The Labute approximate surface area is 97.1 Å². The summed E-state index contributed by atoms with van der Waals surface area (Å²) in [5.41, 5.74) is 0. The van der Waals surface area contributed by atoms with Crippen LogP contribution < -0.4 is 0 Å². The van der Waals surface area contributed by atoms with Crippen LogP contribution in [0.3, 0.4) is 0 Å². The van der Waals surface area contributed by atoms with E-state index >= 15 is 0 Å². The van der Waals surface area contributed by atoms with Crippen molar-refractivity contribution in [2.24, 2.45) is 10.1 Å². The fraction of sp³-hybridized carbons (Fsp3) is 0.545. The number of carbonyl (C=O) groups is 1. The Morgan fingerprint density at radius 1 is 1.44 bits per heavy atom.